The van der Waals surface area contributed by atoms with Crippen LogP contribution in [0.1, 0.15) is 123 Å². The molecule has 2 amide bonds. The summed E-state index contributed by atoms with van der Waals surface area (Å²) in [4.78, 5) is 63.1. The standard InChI is InChI=1S/C41H54NO13PS2.C38H47NO10S2.C2H4ClO3P/c1-7-20-53-56(47,48)54-22-23-57-58-39(3,4)26-52-38(45)42-19-11-12-21-51-31-24-27(2)34-32(25-31)55-41(29-15-17-30(49-5)18-16-29)35(28-13-9-8-10-14-28)33(37(44)50-6)36(43)40(34,41)46;1-24-21-28(47-19-10-9-17-39-35(43)48-23-36(2,3)51-50-20-18-40)22-29-31(24)37(44)33(41)30(34(42)46-5)32(25-11-7-6-8-12-25)38(37,49-29)26-13-15-27(45-4)16-14-26;3-7(4)5-1-2-6-7/h8-10,13-18,24-25,33,35-36,43,46H,7,11-12,19-23,26H2,1-6H3,(H,42,45)(H,47,48);6-8,11-16,21-22,30,32-33,40-41,44H,9-10,17-20,23H2,1-5H3,(H,39,43);1-2H2/p-1/t33-,35-,36-,40+,41+;30-,32-,33-,37+,38+;/m00./s1. The van der Waals surface area contributed by atoms with Gasteiger partial charge in [-0.2, -0.15) is 0 Å². The smallest absolute Gasteiger partial charge is 0.424 e. The lowest BCUT2D eigenvalue weighted by molar-refractivity contribution is -0.225. The third-order valence-electron chi connectivity index (χ3n) is 19.9. The number of nitrogens with one attached hydrogen (secondary N) is 2. The van der Waals surface area contributed by atoms with Crippen molar-refractivity contribution in [1.82, 2.24) is 10.6 Å². The van der Waals surface area contributed by atoms with Gasteiger partial charge < -0.3 is 97.5 Å². The average molecular weight is 1750 g/mol. The van der Waals surface area contributed by atoms with Gasteiger partial charge in [-0.3, -0.25) is 23.2 Å². The number of aliphatic hydroxyl groups excluding tert-OH is 3. The van der Waals surface area contributed by atoms with Gasteiger partial charge in [0.15, 0.2) is 22.4 Å². The highest BCUT2D eigenvalue weighted by Crippen LogP contribution is 2.71. The number of ether oxygens (including phenoxy) is 10. The van der Waals surface area contributed by atoms with E-state index in [1.807, 2.05) is 95.3 Å². The number of benzene rings is 6. The molecule has 0 radical (unpaired) electrons. The van der Waals surface area contributed by atoms with E-state index in [-0.39, 0.29) is 37.8 Å². The summed E-state index contributed by atoms with van der Waals surface area (Å²) in [5, 5.41) is 64.6. The molecule has 0 bridgehead atoms. The largest absolute Gasteiger partial charge is 0.756 e. The lowest BCUT2D eigenvalue weighted by atomic mass is 9.70. The molecular formula is C81H104ClN2O26P2S4-. The Kier molecular flexibility index (Phi) is 33.4. The van der Waals surface area contributed by atoms with E-state index >= 15 is 0 Å². The molecule has 6 aromatic rings. The Hall–Kier alpha value is -6.65. The summed E-state index contributed by atoms with van der Waals surface area (Å²) in [5.74, 6) is -1.50. The Morgan fingerprint density at radius 1 is 0.586 bits per heavy atom. The zero-order valence-electron chi connectivity index (χ0n) is 66.6. The van der Waals surface area contributed by atoms with Crippen molar-refractivity contribution in [3.8, 4) is 34.5 Å². The lowest BCUT2D eigenvalue weighted by Crippen LogP contribution is -2.52. The first kappa shape index (κ1) is 93.2. The molecule has 1 unspecified atom stereocenters. The van der Waals surface area contributed by atoms with Gasteiger partial charge in [0.2, 0.25) is 0 Å². The van der Waals surface area contributed by atoms with Crippen molar-refractivity contribution in [2.24, 2.45) is 11.8 Å². The number of hydrogen-bond donors (Lipinski definition) is 7. The van der Waals surface area contributed by atoms with Crippen LogP contribution in [0, 0.1) is 25.7 Å². The number of esters is 2. The van der Waals surface area contributed by atoms with Gasteiger partial charge >= 0.3 is 31.1 Å². The molecule has 35 heteroatoms. The highest BCUT2D eigenvalue weighted by atomic mass is 35.7. The van der Waals surface area contributed by atoms with Gasteiger partial charge in [-0.1, -0.05) is 135 Å². The monoisotopic (exact) mass is 1750 g/mol. The average Bonchev–Trinajstić information content (AvgIpc) is 1.50. The molecule has 1 saturated heterocycles. The molecule has 0 aromatic heterocycles. The fourth-order valence-electron chi connectivity index (χ4n) is 15.0. The Bertz CT molecular complexity index is 4350. The number of halogens is 1. The number of rotatable bonds is 37. The Balaban J connectivity index is 0.000000245. The molecule has 3 aliphatic heterocycles. The maximum Gasteiger partial charge on any atom is 0.424 e. The molecule has 28 nitrogen and oxygen atoms in total. The van der Waals surface area contributed by atoms with Crippen molar-refractivity contribution < 1.29 is 124 Å². The number of aryl methyl sites for hydroxylation is 2. The first-order valence-corrected chi connectivity index (χ1v) is 46.3. The number of methoxy groups -OCH3 is 4. The Morgan fingerprint density at radius 3 is 1.34 bits per heavy atom. The van der Waals surface area contributed by atoms with Crippen LogP contribution in [0.5, 0.6) is 34.5 Å². The maximum atomic E-state index is 13.5. The summed E-state index contributed by atoms with van der Waals surface area (Å²) in [6.07, 6.45) is -1.15. The number of unbranched alkanes of at least 4 members (excludes halogenated alkanes) is 2. The van der Waals surface area contributed by atoms with Gasteiger partial charge in [-0.15, -0.1) is 0 Å². The van der Waals surface area contributed by atoms with Crippen molar-refractivity contribution in [2.45, 2.75) is 137 Å². The molecule has 2 aliphatic carbocycles. The van der Waals surface area contributed by atoms with Crippen molar-refractivity contribution >= 4 is 93.3 Å². The number of hydrogen-bond acceptors (Lipinski definition) is 30. The van der Waals surface area contributed by atoms with Gasteiger partial charge in [0.1, 0.15) is 59.9 Å². The Labute approximate surface area is 697 Å². The minimum atomic E-state index is -4.29. The molecule has 0 spiro atoms. The predicted octanol–water partition coefficient (Wildman–Crippen LogP) is 13.2. The normalized spacial score (nSPS) is 23.6. The highest BCUT2D eigenvalue weighted by Gasteiger charge is 2.79. The second-order valence-electron chi connectivity index (χ2n) is 29.0. The van der Waals surface area contributed by atoms with Crippen LogP contribution in [0.2, 0.25) is 0 Å². The third kappa shape index (κ3) is 21.6. The van der Waals surface area contributed by atoms with Crippen LogP contribution < -0.4 is 43.9 Å². The SMILES string of the molecule is CCCOP(=O)([O-])OCCSSC(C)(C)COC(=O)NCCCCOc1cc(C)c2c(c1)O[C@]1(c3ccc(OC)cc3)[C@@H](c3ccccc3)[C@H](C(=O)OC)[C@H](O)[C@]21O.COC(=O)[C@@H]1[C@H](O)[C@]2(O)c3c(C)cc(OCCCCNC(=O)OCC(C)(C)SSCCO)cc3O[C@]2(c2ccc(OC)cc2)[C@H]1c1ccccc1.O=P1(Cl)OCCO1. The fraction of sp³-hybridized carbons (Fsp3) is 0.506. The van der Waals surface area contributed by atoms with Crippen molar-refractivity contribution in [3.05, 3.63) is 178 Å². The summed E-state index contributed by atoms with van der Waals surface area (Å²) >= 11 is 5.08. The van der Waals surface area contributed by atoms with Gasteiger partial charge in [0.25, 0.3) is 7.82 Å². The molecule has 7 N–H and O–H groups in total. The number of aliphatic hydroxyl groups is 5. The van der Waals surface area contributed by atoms with Crippen LogP contribution in [-0.4, -0.2) is 184 Å². The zero-order valence-corrected chi connectivity index (χ0v) is 72.4. The maximum absolute atomic E-state index is 13.5. The first-order chi connectivity index (χ1) is 55.3. The van der Waals surface area contributed by atoms with Crippen molar-refractivity contribution in [3.63, 3.8) is 0 Å². The molecule has 2 saturated carbocycles. The third-order valence-corrected chi connectivity index (χ3v) is 29.0. The second-order valence-corrected chi connectivity index (χ2v) is 39.3. The summed E-state index contributed by atoms with van der Waals surface area (Å²) in [6.45, 7) is 12.8. The van der Waals surface area contributed by atoms with Crippen molar-refractivity contribution in [2.75, 3.05) is 112 Å². The van der Waals surface area contributed by atoms with E-state index in [1.165, 1.54) is 46.6 Å². The minimum Gasteiger partial charge on any atom is -0.756 e. The molecule has 11 atom stereocenters. The summed E-state index contributed by atoms with van der Waals surface area (Å²) in [5.41, 5.74) is -2.99. The summed E-state index contributed by atoms with van der Waals surface area (Å²) in [7, 11) is 7.33. The number of carbonyl (C=O) groups excluding carboxylic acids is 4. The summed E-state index contributed by atoms with van der Waals surface area (Å²) < 4.78 is 97.7. The lowest BCUT2D eigenvalue weighted by Gasteiger charge is -2.41. The number of phosphoric acid groups is 1. The van der Waals surface area contributed by atoms with Crippen LogP contribution in [-0.2, 0) is 78.2 Å². The number of phosphoric ester groups is 1. The van der Waals surface area contributed by atoms with Crippen LogP contribution in [0.3, 0.4) is 0 Å². The highest BCUT2D eigenvalue weighted by molar-refractivity contribution is 8.77. The molecule has 3 fully saturated rings. The number of carbonyl (C=O) groups is 4. The van der Waals surface area contributed by atoms with Crippen LogP contribution in [0.4, 0.5) is 9.59 Å². The second kappa shape index (κ2) is 41.6. The molecule has 11 rings (SSSR count). The van der Waals surface area contributed by atoms with Crippen molar-refractivity contribution in [1.29, 1.82) is 0 Å². The number of amides is 2. The summed E-state index contributed by atoms with van der Waals surface area (Å²) in [6, 6.07) is 39.5. The number of alkyl carbamates (subject to hydrolysis) is 2. The van der Waals surface area contributed by atoms with Crippen LogP contribution in [0.15, 0.2) is 133 Å². The predicted molar refractivity (Wildman–Crippen MR) is 441 cm³/mol. The molecule has 6 aromatic carbocycles. The zero-order chi connectivity index (χ0) is 84.3. The first-order valence-electron chi connectivity index (χ1n) is 37.8. The molecule has 636 valence electrons. The van der Waals surface area contributed by atoms with E-state index in [9.17, 15) is 53.6 Å². The molecule has 5 aliphatic rings. The van der Waals surface area contributed by atoms with Gasteiger partial charge in [0, 0.05) is 70.9 Å². The van der Waals surface area contributed by atoms with E-state index < -0.39 is 102 Å². The topological polar surface area (TPSA) is 380 Å². The van der Waals surface area contributed by atoms with Crippen LogP contribution in [0.25, 0.3) is 0 Å². The quantitative estimate of drug-likeness (QED) is 0.00626. The number of fused-ring (bicyclic) bond motifs is 6. The van der Waals surface area contributed by atoms with E-state index in [2.05, 4.69) is 19.7 Å². The van der Waals surface area contributed by atoms with Crippen LogP contribution >= 0.6 is 69.2 Å². The van der Waals surface area contributed by atoms with E-state index in [1.54, 1.807) is 112 Å². The minimum absolute atomic E-state index is 0.0179. The molecular weight excluding hydrogens is 1640 g/mol. The van der Waals surface area contributed by atoms with Gasteiger partial charge in [0.05, 0.1) is 96.0 Å². The van der Waals surface area contributed by atoms with E-state index in [0.29, 0.717) is 162 Å². The van der Waals surface area contributed by atoms with Gasteiger partial charge in [-0.25, -0.2) is 14.2 Å². The van der Waals surface area contributed by atoms with E-state index in [0.717, 1.165) is 0 Å². The molecule has 116 heavy (non-hydrogen) atoms. The van der Waals surface area contributed by atoms with Gasteiger partial charge in [-0.05, 0) is 143 Å². The molecule has 3 heterocycles. The fourth-order valence-corrected chi connectivity index (χ4v) is 21.4. The van der Waals surface area contributed by atoms with E-state index in [4.69, 9.17) is 72.8 Å². The Morgan fingerprint density at radius 2 is 0.983 bits per heavy atom.